The fourth-order valence-electron chi connectivity index (χ4n) is 2.08. The SMILES string of the molecule is CCC(C)C(CO)NC(=O)c1cc(-n2cnnc2)ccc1Cl. The van der Waals surface area contributed by atoms with Gasteiger partial charge in [0.15, 0.2) is 0 Å². The molecule has 1 amide bonds. The Morgan fingerprint density at radius 2 is 2.09 bits per heavy atom. The second-order valence-corrected chi connectivity index (χ2v) is 5.59. The molecule has 2 unspecified atom stereocenters. The molecule has 0 bridgehead atoms. The molecule has 0 saturated carbocycles. The van der Waals surface area contributed by atoms with E-state index in [4.69, 9.17) is 11.6 Å². The quantitative estimate of drug-likeness (QED) is 0.853. The molecule has 118 valence electrons. The third-order valence-corrected chi connectivity index (χ3v) is 4.09. The summed E-state index contributed by atoms with van der Waals surface area (Å²) < 4.78 is 1.69. The van der Waals surface area contributed by atoms with E-state index in [1.807, 2.05) is 13.8 Å². The number of aliphatic hydroxyl groups excluding tert-OH is 1. The molecule has 2 N–H and O–H groups in total. The Balaban J connectivity index is 2.24. The first-order valence-corrected chi connectivity index (χ1v) is 7.50. The maximum Gasteiger partial charge on any atom is 0.253 e. The number of benzene rings is 1. The molecule has 1 aromatic heterocycles. The summed E-state index contributed by atoms with van der Waals surface area (Å²) in [6, 6.07) is 4.81. The highest BCUT2D eigenvalue weighted by Gasteiger charge is 2.20. The van der Waals surface area contributed by atoms with E-state index in [-0.39, 0.29) is 24.5 Å². The molecule has 6 nitrogen and oxygen atoms in total. The summed E-state index contributed by atoms with van der Waals surface area (Å²) in [5.74, 6) is -0.131. The Kier molecular flexibility index (Phi) is 5.51. The Hall–Kier alpha value is -1.92. The van der Waals surface area contributed by atoms with Crippen LogP contribution in [0, 0.1) is 5.92 Å². The van der Waals surface area contributed by atoms with Crippen molar-refractivity contribution >= 4 is 17.5 Å². The van der Waals surface area contributed by atoms with Crippen LogP contribution in [-0.4, -0.2) is 38.4 Å². The molecule has 0 aliphatic rings. The van der Waals surface area contributed by atoms with Gasteiger partial charge in [-0.15, -0.1) is 10.2 Å². The van der Waals surface area contributed by atoms with Crippen LogP contribution in [0.5, 0.6) is 0 Å². The number of halogens is 1. The van der Waals surface area contributed by atoms with Crippen LogP contribution in [0.4, 0.5) is 0 Å². The molecule has 0 spiro atoms. The predicted octanol–water partition coefficient (Wildman–Crippen LogP) is 2.06. The van der Waals surface area contributed by atoms with E-state index in [0.29, 0.717) is 10.6 Å². The van der Waals surface area contributed by atoms with E-state index in [9.17, 15) is 9.90 Å². The Morgan fingerprint density at radius 3 is 2.68 bits per heavy atom. The van der Waals surface area contributed by atoms with Crippen molar-refractivity contribution in [1.29, 1.82) is 0 Å². The number of aromatic nitrogens is 3. The maximum atomic E-state index is 12.4. The second-order valence-electron chi connectivity index (χ2n) is 5.18. The third-order valence-electron chi connectivity index (χ3n) is 3.76. The van der Waals surface area contributed by atoms with Gasteiger partial charge in [0.25, 0.3) is 5.91 Å². The lowest BCUT2D eigenvalue weighted by molar-refractivity contribution is 0.0891. The van der Waals surface area contributed by atoms with Crippen LogP contribution in [-0.2, 0) is 0 Å². The van der Waals surface area contributed by atoms with E-state index < -0.39 is 0 Å². The minimum atomic E-state index is -0.306. The Bertz CT molecular complexity index is 630. The number of rotatable bonds is 6. The minimum Gasteiger partial charge on any atom is -0.394 e. The number of carbonyl (C=O) groups is 1. The van der Waals surface area contributed by atoms with E-state index in [2.05, 4.69) is 15.5 Å². The third kappa shape index (κ3) is 3.64. The number of nitrogens with zero attached hydrogens (tertiary/aromatic N) is 3. The Morgan fingerprint density at radius 1 is 1.41 bits per heavy atom. The molecule has 1 heterocycles. The molecule has 0 saturated heterocycles. The average molecular weight is 323 g/mol. The van der Waals surface area contributed by atoms with E-state index in [0.717, 1.165) is 12.1 Å². The molecular formula is C15H19ClN4O2. The summed E-state index contributed by atoms with van der Waals surface area (Å²) in [5.41, 5.74) is 1.10. The van der Waals surface area contributed by atoms with E-state index in [1.165, 1.54) is 0 Å². The van der Waals surface area contributed by atoms with Crippen LogP contribution >= 0.6 is 11.6 Å². The number of nitrogens with one attached hydrogen (secondary N) is 1. The lowest BCUT2D eigenvalue weighted by Gasteiger charge is -2.22. The number of hydrogen-bond acceptors (Lipinski definition) is 4. The van der Waals surface area contributed by atoms with Crippen molar-refractivity contribution in [2.45, 2.75) is 26.3 Å². The predicted molar refractivity (Wildman–Crippen MR) is 84.2 cm³/mol. The number of amides is 1. The molecule has 2 atom stereocenters. The molecule has 1 aromatic carbocycles. The van der Waals surface area contributed by atoms with Gasteiger partial charge in [-0.2, -0.15) is 0 Å². The van der Waals surface area contributed by atoms with Crippen LogP contribution < -0.4 is 5.32 Å². The maximum absolute atomic E-state index is 12.4. The van der Waals surface area contributed by atoms with Crippen molar-refractivity contribution < 1.29 is 9.90 Å². The first-order valence-electron chi connectivity index (χ1n) is 7.13. The molecule has 0 aliphatic heterocycles. The monoisotopic (exact) mass is 322 g/mol. The normalized spacial score (nSPS) is 13.6. The van der Waals surface area contributed by atoms with E-state index >= 15 is 0 Å². The lowest BCUT2D eigenvalue weighted by Crippen LogP contribution is -2.42. The van der Waals surface area contributed by atoms with Gasteiger partial charge in [0, 0.05) is 5.69 Å². The number of carbonyl (C=O) groups excluding carboxylic acids is 1. The van der Waals surface area contributed by atoms with Crippen LogP contribution in [0.2, 0.25) is 5.02 Å². The smallest absolute Gasteiger partial charge is 0.253 e. The molecular weight excluding hydrogens is 304 g/mol. The van der Waals surface area contributed by atoms with Crippen LogP contribution in [0.3, 0.4) is 0 Å². The topological polar surface area (TPSA) is 80.0 Å². The first kappa shape index (κ1) is 16.5. The number of aliphatic hydroxyl groups is 1. The summed E-state index contributed by atoms with van der Waals surface area (Å²) in [6.45, 7) is 3.89. The minimum absolute atomic E-state index is 0.108. The molecule has 2 rings (SSSR count). The average Bonchev–Trinajstić information content (AvgIpc) is 3.06. The van der Waals surface area contributed by atoms with Gasteiger partial charge in [-0.3, -0.25) is 9.36 Å². The van der Waals surface area contributed by atoms with Crippen LogP contribution in [0.25, 0.3) is 5.69 Å². The Labute approximate surface area is 134 Å². The zero-order valence-corrected chi connectivity index (χ0v) is 13.3. The zero-order valence-electron chi connectivity index (χ0n) is 12.5. The molecule has 2 aromatic rings. The summed E-state index contributed by atoms with van der Waals surface area (Å²) in [6.07, 6.45) is 3.95. The second kappa shape index (κ2) is 7.38. The van der Waals surface area contributed by atoms with Crippen molar-refractivity contribution in [3.63, 3.8) is 0 Å². The van der Waals surface area contributed by atoms with Gasteiger partial charge in [-0.1, -0.05) is 31.9 Å². The highest BCUT2D eigenvalue weighted by atomic mass is 35.5. The van der Waals surface area contributed by atoms with Crippen LogP contribution in [0.15, 0.2) is 30.9 Å². The number of hydrogen-bond donors (Lipinski definition) is 2. The van der Waals surface area contributed by atoms with Crippen molar-refractivity contribution in [3.05, 3.63) is 41.4 Å². The highest BCUT2D eigenvalue weighted by Crippen LogP contribution is 2.20. The standard InChI is InChI=1S/C15H19ClN4O2/c1-3-10(2)14(7-21)19-15(22)12-6-11(4-5-13(12)16)20-8-17-18-9-20/h4-6,8-10,14,21H,3,7H2,1-2H3,(H,19,22). The summed E-state index contributed by atoms with van der Waals surface area (Å²) in [5, 5.41) is 20.1. The van der Waals surface area contributed by atoms with Gasteiger partial charge in [0.2, 0.25) is 0 Å². The summed E-state index contributed by atoms with van der Waals surface area (Å²) >= 11 is 6.13. The van der Waals surface area contributed by atoms with Crippen LogP contribution in [0.1, 0.15) is 30.6 Å². The van der Waals surface area contributed by atoms with Gasteiger partial charge < -0.3 is 10.4 Å². The fraction of sp³-hybridized carbons (Fsp3) is 0.400. The van der Waals surface area contributed by atoms with Crippen molar-refractivity contribution in [2.24, 2.45) is 5.92 Å². The van der Waals surface area contributed by atoms with Gasteiger partial charge in [-0.05, 0) is 24.1 Å². The van der Waals surface area contributed by atoms with Crippen molar-refractivity contribution in [2.75, 3.05) is 6.61 Å². The van der Waals surface area contributed by atoms with E-state index in [1.54, 1.807) is 35.4 Å². The van der Waals surface area contributed by atoms with Gasteiger partial charge >= 0.3 is 0 Å². The zero-order chi connectivity index (χ0) is 16.1. The lowest BCUT2D eigenvalue weighted by atomic mass is 9.99. The molecule has 0 fully saturated rings. The molecule has 0 aliphatic carbocycles. The van der Waals surface area contributed by atoms with Crippen molar-refractivity contribution in [3.8, 4) is 5.69 Å². The largest absolute Gasteiger partial charge is 0.394 e. The van der Waals surface area contributed by atoms with Crippen molar-refractivity contribution in [1.82, 2.24) is 20.1 Å². The molecule has 7 heteroatoms. The molecule has 22 heavy (non-hydrogen) atoms. The summed E-state index contributed by atoms with van der Waals surface area (Å²) in [7, 11) is 0. The van der Waals surface area contributed by atoms with Gasteiger partial charge in [0.1, 0.15) is 12.7 Å². The van der Waals surface area contributed by atoms with Gasteiger partial charge in [0.05, 0.1) is 23.2 Å². The summed E-state index contributed by atoms with van der Waals surface area (Å²) in [4.78, 5) is 12.4. The fourth-order valence-corrected chi connectivity index (χ4v) is 2.28. The highest BCUT2D eigenvalue weighted by molar-refractivity contribution is 6.33. The molecule has 0 radical (unpaired) electrons. The first-order chi connectivity index (χ1) is 10.6. The van der Waals surface area contributed by atoms with Gasteiger partial charge in [-0.25, -0.2) is 0 Å².